The maximum absolute atomic E-state index is 12.5. The number of fused-ring (bicyclic) bond motifs is 2. The SMILES string of the molecule is CCCCCCCCCCCCCCCCCCC(Cc1c2ccc(=[N+](CCCC)CCCC)cc-2oc2cc(NC)c(C)cc12)C(=O)[O-].O=S([O-])O[O-]. The summed E-state index contributed by atoms with van der Waals surface area (Å²) in [6, 6.07) is 10.8. The lowest BCUT2D eigenvalue weighted by Crippen LogP contribution is -2.33. The van der Waals surface area contributed by atoms with Gasteiger partial charge in [0.2, 0.25) is 5.36 Å². The van der Waals surface area contributed by atoms with Gasteiger partial charge in [-0.1, -0.05) is 136 Å². The molecule has 1 aromatic carbocycles. The second-order valence-electron chi connectivity index (χ2n) is 15.0. The van der Waals surface area contributed by atoms with Crippen LogP contribution in [0.25, 0.3) is 22.3 Å². The summed E-state index contributed by atoms with van der Waals surface area (Å²) < 4.78 is 29.1. The molecule has 10 heteroatoms. The summed E-state index contributed by atoms with van der Waals surface area (Å²) in [4.78, 5) is 12.5. The van der Waals surface area contributed by atoms with E-state index in [0.717, 1.165) is 90.7 Å². The van der Waals surface area contributed by atoms with Gasteiger partial charge in [-0.05, 0) is 43.0 Å². The zero-order chi connectivity index (χ0) is 39.6. The van der Waals surface area contributed by atoms with Crippen LogP contribution in [0.15, 0.2) is 34.7 Å². The van der Waals surface area contributed by atoms with Gasteiger partial charge >= 0.3 is 0 Å². The summed E-state index contributed by atoms with van der Waals surface area (Å²) >= 11 is -2.88. The number of benzene rings is 2. The maximum Gasteiger partial charge on any atom is 0.203 e. The third kappa shape index (κ3) is 17.8. The largest absolute Gasteiger partial charge is 0.750 e. The average molecular weight is 771 g/mol. The second-order valence-corrected chi connectivity index (χ2v) is 15.5. The highest BCUT2D eigenvalue weighted by Gasteiger charge is 2.22. The molecule has 306 valence electrons. The van der Waals surface area contributed by atoms with Gasteiger partial charge in [-0.2, -0.15) is 0 Å². The number of nitrogens with zero attached hydrogens (tertiary/aromatic N) is 1. The zero-order valence-corrected chi connectivity index (χ0v) is 35.0. The number of carbonyl (C=O) groups excluding carboxylic acids is 1. The molecular formula is C44H70N2O7S-2. The number of aliphatic carboxylic acids is 1. The third-order valence-corrected chi connectivity index (χ3v) is 10.7. The number of unbranched alkanes of at least 4 members (excludes halogenated alkanes) is 17. The Morgan fingerprint density at radius 2 is 1.30 bits per heavy atom. The van der Waals surface area contributed by atoms with Crippen molar-refractivity contribution >= 4 is 34.0 Å². The Hall–Kier alpha value is -2.79. The number of hydrogen-bond acceptors (Lipinski definition) is 8. The molecule has 2 aliphatic rings. The second kappa shape index (κ2) is 28.6. The molecule has 0 saturated heterocycles. The number of rotatable bonds is 28. The molecule has 54 heavy (non-hydrogen) atoms. The third-order valence-electron chi connectivity index (χ3n) is 10.6. The van der Waals surface area contributed by atoms with Crippen LogP contribution in [-0.2, 0) is 26.9 Å². The van der Waals surface area contributed by atoms with Gasteiger partial charge in [0.15, 0.2) is 0 Å². The van der Waals surface area contributed by atoms with E-state index in [9.17, 15) is 9.90 Å². The fourth-order valence-electron chi connectivity index (χ4n) is 7.36. The molecule has 0 fully saturated rings. The molecule has 0 radical (unpaired) electrons. The molecule has 1 N–H and O–H groups in total. The first-order valence-electron chi connectivity index (χ1n) is 21.1. The highest BCUT2D eigenvalue weighted by molar-refractivity contribution is 7.73. The highest BCUT2D eigenvalue weighted by Crippen LogP contribution is 2.37. The molecule has 1 aliphatic carbocycles. The van der Waals surface area contributed by atoms with Gasteiger partial charge in [-0.15, -0.1) is 0 Å². The first kappa shape index (κ1) is 47.4. The Bertz CT molecular complexity index is 1530. The van der Waals surface area contributed by atoms with E-state index in [1.165, 1.54) is 95.2 Å². The molecule has 3 rings (SSSR count). The predicted molar refractivity (Wildman–Crippen MR) is 218 cm³/mol. The number of carboxylic acid groups (broad SMARTS) is 1. The molecule has 2 atom stereocenters. The van der Waals surface area contributed by atoms with Gasteiger partial charge in [0.05, 0.1) is 17.4 Å². The number of carbonyl (C=O) groups is 1. The van der Waals surface area contributed by atoms with E-state index in [-0.39, 0.29) is 0 Å². The topological polar surface area (TPSA) is 141 Å². The van der Waals surface area contributed by atoms with Gasteiger partial charge in [-0.3, -0.25) is 0 Å². The Morgan fingerprint density at radius 1 is 0.796 bits per heavy atom. The molecular weight excluding hydrogens is 701 g/mol. The standard InChI is InChI=1S/C44H70N2O3.H2O4S/c1-6-9-12-13-14-15-16-17-18-19-20-21-22-23-24-25-26-36(44(47)48)32-39-38-28-27-37(46(29-10-7-2)30-11-8-3)33-42(38)49-43-34-41(45-5)35(4)31-40(39)43;1-4-5(2)3/h27-28,31,33-34,36H,6-26,29-30,32H2,1-5H3,(H,47,48);1H,(H,2,3)/p-2. The minimum Gasteiger partial charge on any atom is -0.750 e. The summed E-state index contributed by atoms with van der Waals surface area (Å²) in [5.74, 6) is -0.632. The van der Waals surface area contributed by atoms with Crippen molar-refractivity contribution in [1.29, 1.82) is 0 Å². The van der Waals surface area contributed by atoms with Gasteiger partial charge in [0.1, 0.15) is 24.4 Å². The molecule has 9 nitrogen and oxygen atoms in total. The molecule has 0 bridgehead atoms. The Morgan fingerprint density at radius 3 is 1.76 bits per heavy atom. The first-order valence-corrected chi connectivity index (χ1v) is 22.1. The van der Waals surface area contributed by atoms with Crippen LogP contribution in [0.3, 0.4) is 0 Å². The lowest BCUT2D eigenvalue weighted by atomic mass is 9.88. The molecule has 0 saturated carbocycles. The van der Waals surface area contributed by atoms with E-state index in [2.05, 4.69) is 72.3 Å². The van der Waals surface area contributed by atoms with E-state index in [1.54, 1.807) is 0 Å². The number of nitrogens with one attached hydrogen (secondary N) is 1. The van der Waals surface area contributed by atoms with Crippen LogP contribution < -0.4 is 25.6 Å². The van der Waals surface area contributed by atoms with Crippen LogP contribution in [0.1, 0.15) is 167 Å². The van der Waals surface area contributed by atoms with Crippen LogP contribution in [-0.4, -0.2) is 34.9 Å². The van der Waals surface area contributed by atoms with Gasteiger partial charge in [-0.25, -0.2) is 8.78 Å². The van der Waals surface area contributed by atoms with Crippen molar-refractivity contribution in [2.24, 2.45) is 5.92 Å². The van der Waals surface area contributed by atoms with Gasteiger partial charge in [0.25, 0.3) is 0 Å². The normalized spacial score (nSPS) is 12.4. The number of hydrogen-bond donors (Lipinski definition) is 1. The smallest absolute Gasteiger partial charge is 0.203 e. The van der Waals surface area contributed by atoms with Crippen LogP contribution in [0.5, 0.6) is 0 Å². The minimum absolute atomic E-state index is 0.456. The van der Waals surface area contributed by atoms with E-state index in [1.807, 2.05) is 7.05 Å². The molecule has 2 unspecified atom stereocenters. The molecule has 0 amide bonds. The fraction of sp³-hybridized carbons (Fsp3) is 0.682. The van der Waals surface area contributed by atoms with E-state index >= 15 is 0 Å². The van der Waals surface area contributed by atoms with Crippen molar-refractivity contribution in [3.8, 4) is 11.3 Å². The molecule has 0 aromatic heterocycles. The van der Waals surface area contributed by atoms with E-state index < -0.39 is 23.2 Å². The Kier molecular flexibility index (Phi) is 25.1. The van der Waals surface area contributed by atoms with E-state index in [4.69, 9.17) is 18.4 Å². The quantitative estimate of drug-likeness (QED) is 0.0193. The Labute approximate surface area is 328 Å². The fourth-order valence-corrected chi connectivity index (χ4v) is 7.36. The molecule has 1 heterocycles. The van der Waals surface area contributed by atoms with Gasteiger partial charge in [0, 0.05) is 60.5 Å². The lowest BCUT2D eigenvalue weighted by Gasteiger charge is -2.22. The monoisotopic (exact) mass is 770 g/mol. The average Bonchev–Trinajstić information content (AvgIpc) is 3.16. The van der Waals surface area contributed by atoms with Crippen molar-refractivity contribution in [3.05, 3.63) is 46.8 Å². The Balaban J connectivity index is 0.00000188. The molecule has 0 spiro atoms. The highest BCUT2D eigenvalue weighted by atomic mass is 32.2. The molecule has 1 aromatic rings. The summed E-state index contributed by atoms with van der Waals surface area (Å²) in [6.45, 7) is 10.9. The molecule has 1 aliphatic heterocycles. The number of anilines is 1. The minimum atomic E-state index is -2.88. The van der Waals surface area contributed by atoms with Crippen molar-refractivity contribution in [2.45, 2.75) is 169 Å². The first-order chi connectivity index (χ1) is 26.2. The summed E-state index contributed by atoms with van der Waals surface area (Å²) in [6.07, 6.45) is 26.8. The maximum atomic E-state index is 12.5. The van der Waals surface area contributed by atoms with Crippen LogP contribution in [0.2, 0.25) is 0 Å². The van der Waals surface area contributed by atoms with Crippen LogP contribution in [0, 0.1) is 12.8 Å². The predicted octanol–water partition coefficient (Wildman–Crippen LogP) is 8.89. The summed E-state index contributed by atoms with van der Waals surface area (Å²) in [7, 11) is 1.93. The summed E-state index contributed by atoms with van der Waals surface area (Å²) in [5, 5.41) is 26.5. The number of aryl methyl sites for hydroxylation is 1. The van der Waals surface area contributed by atoms with Crippen molar-refractivity contribution < 1.29 is 32.7 Å². The van der Waals surface area contributed by atoms with Crippen molar-refractivity contribution in [1.82, 2.24) is 4.58 Å². The zero-order valence-electron chi connectivity index (χ0n) is 34.1. The van der Waals surface area contributed by atoms with E-state index in [0.29, 0.717) is 12.8 Å². The number of carboxylic acids is 1. The van der Waals surface area contributed by atoms with Crippen LogP contribution >= 0.6 is 0 Å². The van der Waals surface area contributed by atoms with Crippen molar-refractivity contribution in [3.63, 3.8) is 0 Å². The lowest BCUT2D eigenvalue weighted by molar-refractivity contribution is -0.635. The summed E-state index contributed by atoms with van der Waals surface area (Å²) in [5.41, 5.74) is 5.01. The van der Waals surface area contributed by atoms with Crippen molar-refractivity contribution in [2.75, 3.05) is 25.5 Å². The van der Waals surface area contributed by atoms with Gasteiger partial charge < -0.3 is 33.8 Å². The van der Waals surface area contributed by atoms with Crippen LogP contribution in [0.4, 0.5) is 5.69 Å².